The molecule has 2 aliphatic rings. The number of aliphatic carboxylic acids is 1. The normalized spacial score (nSPS) is 38.1. The van der Waals surface area contributed by atoms with E-state index in [9.17, 15) is 4.79 Å². The van der Waals surface area contributed by atoms with Crippen molar-refractivity contribution in [2.75, 3.05) is 0 Å². The highest BCUT2D eigenvalue weighted by molar-refractivity contribution is 5.67. The predicted octanol–water partition coefficient (Wildman–Crippen LogP) is 2.31. The number of hydrogen-bond donors (Lipinski definition) is 1. The standard InChI is InChI=1S/C11H16O2/c1-7(4-11(12)13)10-6-8-2-3-9(10)5-8/h2-3,7-10H,4-6H2,1H3,(H,12,13). The molecule has 0 radical (unpaired) electrons. The number of allylic oxidation sites excluding steroid dienone is 2. The molecular weight excluding hydrogens is 164 g/mol. The van der Waals surface area contributed by atoms with Gasteiger partial charge in [-0.15, -0.1) is 0 Å². The fourth-order valence-corrected chi connectivity index (χ4v) is 2.90. The number of carboxylic acids is 1. The van der Waals surface area contributed by atoms with Gasteiger partial charge < -0.3 is 5.11 Å². The minimum Gasteiger partial charge on any atom is -0.481 e. The van der Waals surface area contributed by atoms with Crippen molar-refractivity contribution in [2.24, 2.45) is 23.7 Å². The molecule has 0 saturated heterocycles. The van der Waals surface area contributed by atoms with E-state index in [-0.39, 0.29) is 0 Å². The summed E-state index contributed by atoms with van der Waals surface area (Å²) in [4.78, 5) is 10.6. The predicted molar refractivity (Wildman–Crippen MR) is 50.3 cm³/mol. The van der Waals surface area contributed by atoms with E-state index < -0.39 is 5.97 Å². The first-order valence-electron chi connectivity index (χ1n) is 5.07. The van der Waals surface area contributed by atoms with Crippen LogP contribution in [0.2, 0.25) is 0 Å². The lowest BCUT2D eigenvalue weighted by atomic mass is 9.81. The van der Waals surface area contributed by atoms with Crippen molar-refractivity contribution in [3.63, 3.8) is 0 Å². The summed E-state index contributed by atoms with van der Waals surface area (Å²) in [6, 6.07) is 0. The van der Waals surface area contributed by atoms with Gasteiger partial charge in [-0.1, -0.05) is 19.1 Å². The zero-order valence-electron chi connectivity index (χ0n) is 7.94. The fourth-order valence-electron chi connectivity index (χ4n) is 2.90. The van der Waals surface area contributed by atoms with Gasteiger partial charge in [0.2, 0.25) is 0 Å². The van der Waals surface area contributed by atoms with Crippen LogP contribution in [0.15, 0.2) is 12.2 Å². The number of fused-ring (bicyclic) bond motifs is 2. The Balaban J connectivity index is 1.95. The largest absolute Gasteiger partial charge is 0.481 e. The summed E-state index contributed by atoms with van der Waals surface area (Å²) < 4.78 is 0. The molecule has 0 aromatic rings. The third-order valence-corrected chi connectivity index (χ3v) is 3.56. The second kappa shape index (κ2) is 3.17. The van der Waals surface area contributed by atoms with Gasteiger partial charge >= 0.3 is 5.97 Å². The van der Waals surface area contributed by atoms with Crippen molar-refractivity contribution in [2.45, 2.75) is 26.2 Å². The summed E-state index contributed by atoms with van der Waals surface area (Å²) in [7, 11) is 0. The van der Waals surface area contributed by atoms with E-state index >= 15 is 0 Å². The summed E-state index contributed by atoms with van der Waals surface area (Å²) in [6.45, 7) is 2.08. The van der Waals surface area contributed by atoms with Gasteiger partial charge in [0.1, 0.15) is 0 Å². The maximum Gasteiger partial charge on any atom is 0.303 e. The van der Waals surface area contributed by atoms with Crippen LogP contribution < -0.4 is 0 Å². The van der Waals surface area contributed by atoms with E-state index in [1.807, 2.05) is 0 Å². The van der Waals surface area contributed by atoms with Gasteiger partial charge in [0, 0.05) is 6.42 Å². The van der Waals surface area contributed by atoms with Crippen LogP contribution in [-0.4, -0.2) is 11.1 Å². The minimum absolute atomic E-state index is 0.335. The second-order valence-electron chi connectivity index (χ2n) is 4.52. The molecule has 2 bridgehead atoms. The number of carbonyl (C=O) groups is 1. The van der Waals surface area contributed by atoms with Crippen LogP contribution in [0.25, 0.3) is 0 Å². The number of hydrogen-bond acceptors (Lipinski definition) is 1. The van der Waals surface area contributed by atoms with Crippen LogP contribution >= 0.6 is 0 Å². The van der Waals surface area contributed by atoms with Crippen LogP contribution in [0.3, 0.4) is 0 Å². The van der Waals surface area contributed by atoms with E-state index in [0.717, 1.165) is 5.92 Å². The monoisotopic (exact) mass is 180 g/mol. The molecule has 2 heteroatoms. The second-order valence-corrected chi connectivity index (χ2v) is 4.52. The maximum atomic E-state index is 10.6. The molecule has 0 amide bonds. The molecule has 0 aliphatic heterocycles. The molecule has 4 unspecified atom stereocenters. The average molecular weight is 180 g/mol. The van der Waals surface area contributed by atoms with Crippen molar-refractivity contribution in [1.82, 2.24) is 0 Å². The van der Waals surface area contributed by atoms with Crippen LogP contribution in [0.5, 0.6) is 0 Å². The maximum absolute atomic E-state index is 10.6. The summed E-state index contributed by atoms with van der Waals surface area (Å²) in [5, 5.41) is 8.70. The Kier molecular flexibility index (Phi) is 2.14. The lowest BCUT2D eigenvalue weighted by Crippen LogP contribution is -2.19. The highest BCUT2D eigenvalue weighted by atomic mass is 16.4. The Morgan fingerprint density at radius 3 is 2.77 bits per heavy atom. The highest BCUT2D eigenvalue weighted by Gasteiger charge is 2.38. The van der Waals surface area contributed by atoms with E-state index in [4.69, 9.17) is 5.11 Å². The van der Waals surface area contributed by atoms with Gasteiger partial charge in [-0.25, -0.2) is 0 Å². The van der Waals surface area contributed by atoms with Crippen LogP contribution in [-0.2, 0) is 4.79 Å². The molecule has 1 saturated carbocycles. The van der Waals surface area contributed by atoms with Crippen molar-refractivity contribution >= 4 is 5.97 Å². The molecule has 13 heavy (non-hydrogen) atoms. The first kappa shape index (κ1) is 8.79. The zero-order chi connectivity index (χ0) is 9.42. The van der Waals surface area contributed by atoms with E-state index in [0.29, 0.717) is 24.2 Å². The quantitative estimate of drug-likeness (QED) is 0.677. The van der Waals surface area contributed by atoms with Gasteiger partial charge in [0.15, 0.2) is 0 Å². The smallest absolute Gasteiger partial charge is 0.303 e. The zero-order valence-corrected chi connectivity index (χ0v) is 7.94. The van der Waals surface area contributed by atoms with E-state index in [1.165, 1.54) is 12.8 Å². The molecule has 72 valence electrons. The Labute approximate surface area is 78.6 Å². The number of rotatable bonds is 3. The van der Waals surface area contributed by atoms with Crippen LogP contribution in [0.4, 0.5) is 0 Å². The molecule has 4 atom stereocenters. The van der Waals surface area contributed by atoms with Gasteiger partial charge in [-0.2, -0.15) is 0 Å². The Hall–Kier alpha value is -0.790. The summed E-state index contributed by atoms with van der Waals surface area (Å²) in [6.07, 6.45) is 7.41. The summed E-state index contributed by atoms with van der Waals surface area (Å²) in [5.41, 5.74) is 0. The van der Waals surface area contributed by atoms with Crippen LogP contribution in [0.1, 0.15) is 26.2 Å². The number of carboxylic acid groups (broad SMARTS) is 1. The van der Waals surface area contributed by atoms with Gasteiger partial charge in [0.05, 0.1) is 0 Å². The minimum atomic E-state index is -0.653. The van der Waals surface area contributed by atoms with Gasteiger partial charge in [0.25, 0.3) is 0 Å². The molecule has 0 heterocycles. The molecule has 0 aromatic carbocycles. The molecular formula is C11H16O2. The van der Waals surface area contributed by atoms with Crippen molar-refractivity contribution in [3.05, 3.63) is 12.2 Å². The van der Waals surface area contributed by atoms with E-state index in [2.05, 4.69) is 19.1 Å². The molecule has 2 rings (SSSR count). The first-order valence-corrected chi connectivity index (χ1v) is 5.07. The third-order valence-electron chi connectivity index (χ3n) is 3.56. The third kappa shape index (κ3) is 1.62. The average Bonchev–Trinajstić information content (AvgIpc) is 2.62. The van der Waals surface area contributed by atoms with Gasteiger partial charge in [-0.3, -0.25) is 4.79 Å². The Bertz CT molecular complexity index is 244. The topological polar surface area (TPSA) is 37.3 Å². The summed E-state index contributed by atoms with van der Waals surface area (Å²) >= 11 is 0. The molecule has 2 aliphatic carbocycles. The van der Waals surface area contributed by atoms with Crippen molar-refractivity contribution in [1.29, 1.82) is 0 Å². The molecule has 1 N–H and O–H groups in total. The highest BCUT2D eigenvalue weighted by Crippen LogP contribution is 2.47. The van der Waals surface area contributed by atoms with Crippen molar-refractivity contribution in [3.8, 4) is 0 Å². The fraction of sp³-hybridized carbons (Fsp3) is 0.727. The first-order chi connectivity index (χ1) is 6.16. The lowest BCUT2D eigenvalue weighted by molar-refractivity contribution is -0.138. The van der Waals surface area contributed by atoms with Gasteiger partial charge in [-0.05, 0) is 36.5 Å². The SMILES string of the molecule is CC(CC(=O)O)C1CC2C=CC1C2. The lowest BCUT2D eigenvalue weighted by Gasteiger charge is -2.23. The Morgan fingerprint density at radius 1 is 1.54 bits per heavy atom. The molecule has 2 nitrogen and oxygen atoms in total. The molecule has 0 spiro atoms. The van der Waals surface area contributed by atoms with Crippen molar-refractivity contribution < 1.29 is 9.90 Å². The van der Waals surface area contributed by atoms with E-state index in [1.54, 1.807) is 0 Å². The van der Waals surface area contributed by atoms with Crippen LogP contribution in [0, 0.1) is 23.7 Å². The molecule has 0 aromatic heterocycles. The summed E-state index contributed by atoms with van der Waals surface area (Å²) in [5.74, 6) is 1.76. The molecule has 1 fully saturated rings. The Morgan fingerprint density at radius 2 is 2.31 bits per heavy atom.